The van der Waals surface area contributed by atoms with Crippen molar-refractivity contribution in [3.8, 4) is 0 Å². The number of aliphatic hydroxyl groups excluding tert-OH is 5. The van der Waals surface area contributed by atoms with Crippen molar-refractivity contribution >= 4 is 11.9 Å². The van der Waals surface area contributed by atoms with Crippen molar-refractivity contribution in [2.24, 2.45) is 16.7 Å². The van der Waals surface area contributed by atoms with Gasteiger partial charge in [0.05, 0.1) is 24.9 Å². The highest BCUT2D eigenvalue weighted by molar-refractivity contribution is 5.88. The number of carbonyl (C=O) groups is 2. The maximum absolute atomic E-state index is 13.1. The number of rotatable bonds is 4. The molecule has 16 unspecified atom stereocenters. The molecule has 5 N–H and O–H groups in total. The molecule has 7 rings (SSSR count). The van der Waals surface area contributed by atoms with Gasteiger partial charge in [0.15, 0.2) is 18.0 Å². The molecule has 4 saturated heterocycles. The van der Waals surface area contributed by atoms with Gasteiger partial charge in [-0.1, -0.05) is 6.92 Å². The van der Waals surface area contributed by atoms with E-state index >= 15 is 0 Å². The Morgan fingerprint density at radius 3 is 2.41 bits per heavy atom. The van der Waals surface area contributed by atoms with E-state index in [9.17, 15) is 35.1 Å². The zero-order valence-corrected chi connectivity index (χ0v) is 20.3. The van der Waals surface area contributed by atoms with Crippen LogP contribution in [0.3, 0.4) is 0 Å². The standard InChI is InChI=1S/C24H30O13/c1-6(32-20-12(29)11(28)10(27)7(5-25)33-20)17-24-8(4-9(26)34-17)22(2)15-13(19(24)37-24)36-21(31)23(15,3)16(30)14-18(22)35-14/h4,6-7,10-20,25,27-30H,5H2,1-3H3. The quantitative estimate of drug-likeness (QED) is 0.182. The van der Waals surface area contributed by atoms with E-state index in [0.717, 1.165) is 0 Å². The molecule has 0 bridgehead atoms. The smallest absolute Gasteiger partial charge is 0.331 e. The summed E-state index contributed by atoms with van der Waals surface area (Å²) in [6, 6.07) is 0. The summed E-state index contributed by atoms with van der Waals surface area (Å²) in [6.45, 7) is 4.52. The van der Waals surface area contributed by atoms with Crippen LogP contribution in [0.25, 0.3) is 0 Å². The molecule has 2 saturated carbocycles. The fourth-order valence-electron chi connectivity index (χ4n) is 8.02. The topological polar surface area (TPSA) is 197 Å². The molecule has 13 nitrogen and oxygen atoms in total. The fourth-order valence-corrected chi connectivity index (χ4v) is 8.02. The minimum Gasteiger partial charge on any atom is -0.459 e. The van der Waals surface area contributed by atoms with E-state index in [0.29, 0.717) is 5.57 Å². The molecular formula is C24H30O13. The van der Waals surface area contributed by atoms with Gasteiger partial charge in [-0.25, -0.2) is 4.79 Å². The molecule has 6 fully saturated rings. The Labute approximate surface area is 210 Å². The first-order chi connectivity index (χ1) is 17.4. The van der Waals surface area contributed by atoms with E-state index in [2.05, 4.69) is 0 Å². The van der Waals surface area contributed by atoms with E-state index < -0.39 is 114 Å². The average Bonchev–Trinajstić information content (AvgIpc) is 3.77. The van der Waals surface area contributed by atoms with Crippen molar-refractivity contribution in [1.82, 2.24) is 0 Å². The molecule has 13 heteroatoms. The SMILES string of the molecule is CC(OC1OC(CO)C(O)C(O)C1O)C1OC(=O)C=C2C3(C)C4OC4C(O)C4(C)C(=O)OC(C43)C3OC213. The van der Waals surface area contributed by atoms with Crippen LogP contribution in [-0.2, 0) is 38.0 Å². The number of hydrogen-bond acceptors (Lipinski definition) is 13. The van der Waals surface area contributed by atoms with Crippen molar-refractivity contribution < 1.29 is 63.5 Å². The van der Waals surface area contributed by atoms with Crippen molar-refractivity contribution in [2.75, 3.05) is 6.61 Å². The minimum absolute atomic E-state index is 0.459. The summed E-state index contributed by atoms with van der Waals surface area (Å²) in [5, 5.41) is 51.1. The van der Waals surface area contributed by atoms with Crippen LogP contribution in [0.5, 0.6) is 0 Å². The molecule has 7 aliphatic rings. The fraction of sp³-hybridized carbons (Fsp3) is 0.833. The van der Waals surface area contributed by atoms with Crippen LogP contribution in [0.2, 0.25) is 0 Å². The third-order valence-corrected chi connectivity index (χ3v) is 9.88. The third-order valence-electron chi connectivity index (χ3n) is 9.88. The first-order valence-electron chi connectivity index (χ1n) is 12.5. The van der Waals surface area contributed by atoms with Crippen LogP contribution in [0.1, 0.15) is 20.8 Å². The van der Waals surface area contributed by atoms with Crippen LogP contribution in [0.4, 0.5) is 0 Å². The normalized spacial score (nSPS) is 59.6. The minimum atomic E-state index is -1.65. The summed E-state index contributed by atoms with van der Waals surface area (Å²) in [7, 11) is 0. The number of fused-ring (bicyclic) bond motifs is 4. The van der Waals surface area contributed by atoms with Crippen molar-refractivity contribution in [3.63, 3.8) is 0 Å². The van der Waals surface area contributed by atoms with Crippen LogP contribution >= 0.6 is 0 Å². The molecule has 37 heavy (non-hydrogen) atoms. The average molecular weight is 526 g/mol. The van der Waals surface area contributed by atoms with E-state index in [1.54, 1.807) is 13.8 Å². The maximum Gasteiger partial charge on any atom is 0.331 e. The first-order valence-corrected chi connectivity index (χ1v) is 12.5. The number of esters is 2. The van der Waals surface area contributed by atoms with Gasteiger partial charge in [0, 0.05) is 17.4 Å². The summed E-state index contributed by atoms with van der Waals surface area (Å²) in [4.78, 5) is 26.0. The highest BCUT2D eigenvalue weighted by Gasteiger charge is 2.89. The Hall–Kier alpha value is -1.68. The second kappa shape index (κ2) is 7.29. The molecule has 0 aromatic heterocycles. The second-order valence-corrected chi connectivity index (χ2v) is 11.7. The first kappa shape index (κ1) is 24.4. The molecular weight excluding hydrogens is 496 g/mol. The largest absolute Gasteiger partial charge is 0.459 e. The predicted molar refractivity (Wildman–Crippen MR) is 114 cm³/mol. The van der Waals surface area contributed by atoms with Crippen molar-refractivity contribution in [1.29, 1.82) is 0 Å². The summed E-state index contributed by atoms with van der Waals surface area (Å²) in [6.07, 6.45) is -11.6. The lowest BCUT2D eigenvalue weighted by Crippen LogP contribution is -2.66. The molecule has 204 valence electrons. The molecule has 5 aliphatic heterocycles. The number of epoxide rings is 2. The molecule has 0 aromatic rings. The van der Waals surface area contributed by atoms with Crippen LogP contribution in [0, 0.1) is 16.7 Å². The lowest BCUT2D eigenvalue weighted by molar-refractivity contribution is -0.317. The number of carbonyl (C=O) groups excluding carboxylic acids is 2. The Balaban J connectivity index is 1.24. The molecule has 2 aliphatic carbocycles. The Kier molecular flexibility index (Phi) is 4.80. The number of aliphatic hydroxyl groups is 5. The van der Waals surface area contributed by atoms with E-state index in [1.807, 2.05) is 6.92 Å². The van der Waals surface area contributed by atoms with Crippen molar-refractivity contribution in [2.45, 2.75) is 99.8 Å². The van der Waals surface area contributed by atoms with Gasteiger partial charge in [-0.15, -0.1) is 0 Å². The second-order valence-electron chi connectivity index (χ2n) is 11.7. The molecule has 1 spiro atoms. The van der Waals surface area contributed by atoms with Crippen LogP contribution in [0.15, 0.2) is 11.6 Å². The number of ether oxygens (including phenoxy) is 6. The van der Waals surface area contributed by atoms with Gasteiger partial charge in [0.2, 0.25) is 0 Å². The molecule has 0 aromatic carbocycles. The Morgan fingerprint density at radius 2 is 1.70 bits per heavy atom. The van der Waals surface area contributed by atoms with Gasteiger partial charge >= 0.3 is 11.9 Å². The van der Waals surface area contributed by atoms with Crippen LogP contribution in [-0.4, -0.2) is 123 Å². The lowest BCUT2D eigenvalue weighted by atomic mass is 9.46. The Bertz CT molecular complexity index is 1090. The predicted octanol–water partition coefficient (Wildman–Crippen LogP) is -3.11. The monoisotopic (exact) mass is 526 g/mol. The summed E-state index contributed by atoms with van der Waals surface area (Å²) in [5.41, 5.74) is -2.75. The summed E-state index contributed by atoms with van der Waals surface area (Å²) >= 11 is 0. The van der Waals surface area contributed by atoms with Gasteiger partial charge < -0.3 is 54.0 Å². The van der Waals surface area contributed by atoms with Crippen LogP contribution < -0.4 is 0 Å². The Morgan fingerprint density at radius 1 is 0.973 bits per heavy atom. The lowest BCUT2D eigenvalue weighted by Gasteiger charge is -2.53. The van der Waals surface area contributed by atoms with Gasteiger partial charge in [0.1, 0.15) is 48.1 Å². The molecule has 5 heterocycles. The van der Waals surface area contributed by atoms with Crippen molar-refractivity contribution in [3.05, 3.63) is 11.6 Å². The van der Waals surface area contributed by atoms with E-state index in [-0.39, 0.29) is 0 Å². The van der Waals surface area contributed by atoms with Gasteiger partial charge in [-0.05, 0) is 19.4 Å². The van der Waals surface area contributed by atoms with Gasteiger partial charge in [0.25, 0.3) is 0 Å². The number of hydrogen-bond donors (Lipinski definition) is 5. The van der Waals surface area contributed by atoms with E-state index in [1.165, 1.54) is 6.08 Å². The molecule has 0 amide bonds. The summed E-state index contributed by atoms with van der Waals surface area (Å²) in [5.74, 6) is -1.71. The maximum atomic E-state index is 13.1. The summed E-state index contributed by atoms with van der Waals surface area (Å²) < 4.78 is 35.0. The van der Waals surface area contributed by atoms with Gasteiger partial charge in [-0.2, -0.15) is 0 Å². The zero-order valence-electron chi connectivity index (χ0n) is 20.3. The van der Waals surface area contributed by atoms with Gasteiger partial charge in [-0.3, -0.25) is 4.79 Å². The molecule has 0 radical (unpaired) electrons. The number of cyclic esters (lactones) is 1. The zero-order chi connectivity index (χ0) is 26.4. The van der Waals surface area contributed by atoms with E-state index in [4.69, 9.17) is 28.4 Å². The molecule has 16 atom stereocenters. The third kappa shape index (κ3) is 2.70. The highest BCUT2D eigenvalue weighted by atomic mass is 16.7. The highest BCUT2D eigenvalue weighted by Crippen LogP contribution is 2.75.